The Hall–Kier alpha value is -1.72. The van der Waals surface area contributed by atoms with Crippen LogP contribution in [-0.4, -0.2) is 10.9 Å². The van der Waals surface area contributed by atoms with Gasteiger partial charge in [0.1, 0.15) is 4.60 Å². The number of halogens is 2. The lowest BCUT2D eigenvalue weighted by molar-refractivity contribution is 0.102. The van der Waals surface area contributed by atoms with Gasteiger partial charge in [0.15, 0.2) is 0 Å². The van der Waals surface area contributed by atoms with Crippen LogP contribution in [0.4, 0.5) is 5.69 Å². The van der Waals surface area contributed by atoms with Crippen molar-refractivity contribution in [2.24, 2.45) is 0 Å². The Balaban J connectivity index is 1.99. The molecule has 3 aromatic rings. The van der Waals surface area contributed by atoms with Gasteiger partial charge >= 0.3 is 0 Å². The highest BCUT2D eigenvalue weighted by molar-refractivity contribution is 9.10. The molecule has 0 fully saturated rings. The van der Waals surface area contributed by atoms with E-state index in [4.69, 9.17) is 0 Å². The molecule has 1 amide bonds. The number of pyridine rings is 1. The number of amides is 1. The number of carbonyl (C=O) groups excluding carboxylic acids is 1. The maximum absolute atomic E-state index is 12.3. The molecule has 2 aromatic carbocycles. The van der Waals surface area contributed by atoms with Crippen molar-refractivity contribution >= 4 is 54.2 Å². The van der Waals surface area contributed by atoms with E-state index in [2.05, 4.69) is 42.2 Å². The Bertz CT molecular complexity index is 833. The molecule has 5 heteroatoms. The highest BCUT2D eigenvalue weighted by Crippen LogP contribution is 2.30. The summed E-state index contributed by atoms with van der Waals surface area (Å²) < 4.78 is 1.64. The Morgan fingerprint density at radius 2 is 1.76 bits per heavy atom. The molecule has 3 rings (SSSR count). The van der Waals surface area contributed by atoms with Crippen LogP contribution in [-0.2, 0) is 0 Å². The third-order valence-corrected chi connectivity index (χ3v) is 4.23. The maximum Gasteiger partial charge on any atom is 0.255 e. The first kappa shape index (κ1) is 14.2. The van der Waals surface area contributed by atoms with Gasteiger partial charge < -0.3 is 5.32 Å². The number of nitrogens with one attached hydrogen (secondary N) is 1. The largest absolute Gasteiger partial charge is 0.321 e. The summed E-state index contributed by atoms with van der Waals surface area (Å²) in [5, 5.41) is 5.00. The van der Waals surface area contributed by atoms with Crippen LogP contribution in [0.15, 0.2) is 63.8 Å². The zero-order valence-electron chi connectivity index (χ0n) is 10.8. The summed E-state index contributed by atoms with van der Waals surface area (Å²) >= 11 is 6.79. The fraction of sp³-hybridized carbons (Fsp3) is 0. The molecular formula is C16H10Br2N2O. The molecule has 104 valence electrons. The van der Waals surface area contributed by atoms with Gasteiger partial charge in [-0.1, -0.05) is 40.2 Å². The lowest BCUT2D eigenvalue weighted by atomic mass is 10.1. The molecule has 0 unspecified atom stereocenters. The fourth-order valence-corrected chi connectivity index (χ4v) is 2.95. The molecule has 0 aliphatic rings. The number of nitrogens with zero attached hydrogens (tertiary/aromatic N) is 1. The van der Waals surface area contributed by atoms with E-state index in [1.54, 1.807) is 18.3 Å². The summed E-state index contributed by atoms with van der Waals surface area (Å²) in [5.74, 6) is -0.162. The number of carbonyl (C=O) groups is 1. The minimum atomic E-state index is -0.162. The van der Waals surface area contributed by atoms with Crippen molar-refractivity contribution < 1.29 is 4.79 Å². The van der Waals surface area contributed by atoms with Crippen LogP contribution in [0.3, 0.4) is 0 Å². The van der Waals surface area contributed by atoms with Crippen molar-refractivity contribution in [2.75, 3.05) is 5.32 Å². The van der Waals surface area contributed by atoms with Gasteiger partial charge in [-0.3, -0.25) is 4.79 Å². The van der Waals surface area contributed by atoms with Crippen LogP contribution in [0.5, 0.6) is 0 Å². The van der Waals surface area contributed by atoms with Crippen LogP contribution in [0.2, 0.25) is 0 Å². The molecule has 3 nitrogen and oxygen atoms in total. The third-order valence-electron chi connectivity index (χ3n) is 3.11. The average molecular weight is 406 g/mol. The molecule has 0 atom stereocenters. The normalized spacial score (nSPS) is 10.6. The number of rotatable bonds is 2. The number of fused-ring (bicyclic) bond motifs is 1. The predicted octanol–water partition coefficient (Wildman–Crippen LogP) is 5.01. The molecule has 0 spiro atoms. The minimum Gasteiger partial charge on any atom is -0.321 e. The fourth-order valence-electron chi connectivity index (χ4n) is 2.11. The lowest BCUT2D eigenvalue weighted by Crippen LogP contribution is -2.12. The molecular weight excluding hydrogens is 396 g/mol. The van der Waals surface area contributed by atoms with Crippen LogP contribution >= 0.6 is 31.9 Å². The summed E-state index contributed by atoms with van der Waals surface area (Å²) in [4.78, 5) is 16.3. The van der Waals surface area contributed by atoms with Gasteiger partial charge in [-0.2, -0.15) is 0 Å². The quantitative estimate of drug-likeness (QED) is 0.608. The SMILES string of the molecule is O=C(Nc1ccc(Br)c2ccccc12)c1ccnc(Br)c1. The molecule has 1 N–H and O–H groups in total. The molecule has 1 aromatic heterocycles. The Morgan fingerprint density at radius 1 is 1.00 bits per heavy atom. The monoisotopic (exact) mass is 404 g/mol. The second-order valence-electron chi connectivity index (χ2n) is 4.46. The number of anilines is 1. The van der Waals surface area contributed by atoms with Gasteiger partial charge in [0.25, 0.3) is 5.91 Å². The van der Waals surface area contributed by atoms with Crippen LogP contribution in [0, 0.1) is 0 Å². The van der Waals surface area contributed by atoms with Gasteiger partial charge in [0, 0.05) is 27.3 Å². The Kier molecular flexibility index (Phi) is 4.03. The third kappa shape index (κ3) is 2.99. The van der Waals surface area contributed by atoms with Gasteiger partial charge in [-0.05, 0) is 45.6 Å². The van der Waals surface area contributed by atoms with E-state index in [0.717, 1.165) is 20.9 Å². The highest BCUT2D eigenvalue weighted by Gasteiger charge is 2.10. The summed E-state index contributed by atoms with van der Waals surface area (Å²) in [6, 6.07) is 15.1. The standard InChI is InChI=1S/C16H10Br2N2O/c17-13-5-6-14(12-4-2-1-3-11(12)13)20-16(21)10-7-8-19-15(18)9-10/h1-9H,(H,20,21). The van der Waals surface area contributed by atoms with Crippen molar-refractivity contribution in [3.63, 3.8) is 0 Å². The Morgan fingerprint density at radius 3 is 2.52 bits per heavy atom. The van der Waals surface area contributed by atoms with Crippen molar-refractivity contribution in [1.82, 2.24) is 4.98 Å². The molecule has 0 aliphatic carbocycles. The first-order valence-corrected chi connectivity index (χ1v) is 7.84. The van der Waals surface area contributed by atoms with Gasteiger partial charge in [0.2, 0.25) is 0 Å². The van der Waals surface area contributed by atoms with Crippen molar-refractivity contribution in [3.8, 4) is 0 Å². The number of benzene rings is 2. The van der Waals surface area contributed by atoms with Gasteiger partial charge in [-0.25, -0.2) is 4.98 Å². The molecule has 0 saturated carbocycles. The van der Waals surface area contributed by atoms with Crippen molar-refractivity contribution in [3.05, 3.63) is 69.4 Å². The number of hydrogen-bond donors (Lipinski definition) is 1. The van der Waals surface area contributed by atoms with E-state index in [-0.39, 0.29) is 5.91 Å². The second-order valence-corrected chi connectivity index (χ2v) is 6.13. The van der Waals surface area contributed by atoms with E-state index in [1.165, 1.54) is 0 Å². The van der Waals surface area contributed by atoms with Crippen LogP contribution in [0.1, 0.15) is 10.4 Å². The molecule has 21 heavy (non-hydrogen) atoms. The minimum absolute atomic E-state index is 0.162. The summed E-state index contributed by atoms with van der Waals surface area (Å²) in [5.41, 5.74) is 1.34. The smallest absolute Gasteiger partial charge is 0.255 e. The van der Waals surface area contributed by atoms with E-state index in [0.29, 0.717) is 10.2 Å². The van der Waals surface area contributed by atoms with E-state index in [1.807, 2.05) is 36.4 Å². The maximum atomic E-state index is 12.3. The predicted molar refractivity (Wildman–Crippen MR) is 91.5 cm³/mol. The van der Waals surface area contributed by atoms with Gasteiger partial charge in [0.05, 0.1) is 0 Å². The van der Waals surface area contributed by atoms with Crippen molar-refractivity contribution in [2.45, 2.75) is 0 Å². The highest BCUT2D eigenvalue weighted by atomic mass is 79.9. The van der Waals surface area contributed by atoms with E-state index < -0.39 is 0 Å². The van der Waals surface area contributed by atoms with Crippen molar-refractivity contribution in [1.29, 1.82) is 0 Å². The van der Waals surface area contributed by atoms with E-state index in [9.17, 15) is 4.79 Å². The molecule has 0 radical (unpaired) electrons. The topological polar surface area (TPSA) is 42.0 Å². The first-order valence-electron chi connectivity index (χ1n) is 6.25. The molecule has 0 saturated heterocycles. The summed E-state index contributed by atoms with van der Waals surface area (Å²) in [6.07, 6.45) is 1.60. The first-order chi connectivity index (χ1) is 10.1. The van der Waals surface area contributed by atoms with Gasteiger partial charge in [-0.15, -0.1) is 0 Å². The molecule has 0 bridgehead atoms. The summed E-state index contributed by atoms with van der Waals surface area (Å²) in [6.45, 7) is 0. The Labute approximate surface area is 138 Å². The number of hydrogen-bond acceptors (Lipinski definition) is 2. The zero-order valence-corrected chi connectivity index (χ0v) is 14.0. The lowest BCUT2D eigenvalue weighted by Gasteiger charge is -2.10. The van der Waals surface area contributed by atoms with Crippen LogP contribution < -0.4 is 5.32 Å². The second kappa shape index (κ2) is 5.95. The summed E-state index contributed by atoms with van der Waals surface area (Å²) in [7, 11) is 0. The van der Waals surface area contributed by atoms with E-state index >= 15 is 0 Å². The number of aromatic nitrogens is 1. The molecule has 1 heterocycles. The molecule has 0 aliphatic heterocycles. The van der Waals surface area contributed by atoms with Crippen LogP contribution in [0.25, 0.3) is 10.8 Å². The zero-order chi connectivity index (χ0) is 14.8. The average Bonchev–Trinajstić information content (AvgIpc) is 2.50.